The summed E-state index contributed by atoms with van der Waals surface area (Å²) >= 11 is 0. The first-order chi connectivity index (χ1) is 14.8. The van der Waals surface area contributed by atoms with Gasteiger partial charge in [0.25, 0.3) is 0 Å². The van der Waals surface area contributed by atoms with E-state index in [4.69, 9.17) is 10.9 Å². The SMILES string of the molecule is [3H]N1CCC(Oc2ccc3c(c2)CCC3NC2CCN(C(=O)OC(C)(C)C)CC2)CC1. The number of ether oxygens (including phenoxy) is 2. The fourth-order valence-electron chi connectivity index (χ4n) is 4.72. The number of aryl methyl sites for hydroxylation is 1. The molecule has 6 nitrogen and oxygen atoms in total. The van der Waals surface area contributed by atoms with Crippen LogP contribution in [0.3, 0.4) is 0 Å². The van der Waals surface area contributed by atoms with Crippen molar-refractivity contribution in [3.05, 3.63) is 29.3 Å². The smallest absolute Gasteiger partial charge is 0.410 e. The average Bonchev–Trinajstić information content (AvgIpc) is 3.11. The van der Waals surface area contributed by atoms with Crippen LogP contribution in [0.1, 0.15) is 70.0 Å². The molecule has 2 saturated heterocycles. The van der Waals surface area contributed by atoms with Crippen LogP contribution < -0.4 is 15.4 Å². The van der Waals surface area contributed by atoms with Gasteiger partial charge in [-0.2, -0.15) is 0 Å². The number of benzene rings is 1. The molecular formula is C24H37N3O3. The molecule has 1 aromatic rings. The number of nitrogens with one attached hydrogen (secondary N) is 2. The molecule has 30 heavy (non-hydrogen) atoms. The van der Waals surface area contributed by atoms with E-state index in [2.05, 4.69) is 23.5 Å². The highest BCUT2D eigenvalue weighted by molar-refractivity contribution is 5.68. The zero-order valence-electron chi connectivity index (χ0n) is 19.7. The fourth-order valence-corrected chi connectivity index (χ4v) is 4.72. The molecule has 0 aromatic heterocycles. The molecule has 2 aliphatic heterocycles. The molecule has 166 valence electrons. The van der Waals surface area contributed by atoms with E-state index in [1.54, 1.807) is 5.31 Å². The molecule has 0 spiro atoms. The van der Waals surface area contributed by atoms with Crippen LogP contribution in [0, 0.1) is 0 Å². The van der Waals surface area contributed by atoms with Crippen LogP contribution in [-0.4, -0.2) is 54.9 Å². The lowest BCUT2D eigenvalue weighted by Gasteiger charge is -2.35. The normalized spacial score (nSPS) is 24.4. The summed E-state index contributed by atoms with van der Waals surface area (Å²) in [4.78, 5) is 14.1. The maximum Gasteiger partial charge on any atom is 0.410 e. The zero-order valence-corrected chi connectivity index (χ0v) is 18.7. The van der Waals surface area contributed by atoms with Gasteiger partial charge in [0.2, 0.25) is 0 Å². The summed E-state index contributed by atoms with van der Waals surface area (Å²) in [5.74, 6) is 0.966. The monoisotopic (exact) mass is 417 g/mol. The zero-order chi connectivity index (χ0) is 22.0. The number of carbonyl (C=O) groups is 1. The lowest BCUT2D eigenvalue weighted by molar-refractivity contribution is 0.0195. The molecule has 1 atom stereocenters. The second-order valence-electron chi connectivity index (χ2n) is 9.85. The predicted molar refractivity (Wildman–Crippen MR) is 118 cm³/mol. The number of amides is 1. The maximum atomic E-state index is 12.3. The highest BCUT2D eigenvalue weighted by Crippen LogP contribution is 2.35. The van der Waals surface area contributed by atoms with Gasteiger partial charge >= 0.3 is 6.09 Å². The van der Waals surface area contributed by atoms with E-state index in [0.29, 0.717) is 12.1 Å². The number of nitrogens with zero attached hydrogens (tertiary/aromatic N) is 1. The Morgan fingerprint density at radius 3 is 2.60 bits per heavy atom. The Balaban J connectivity index is 1.27. The molecule has 3 aliphatic rings. The number of rotatable bonds is 4. The van der Waals surface area contributed by atoms with Crippen LogP contribution in [0.2, 0.25) is 1.41 Å². The van der Waals surface area contributed by atoms with Crippen LogP contribution in [0.25, 0.3) is 0 Å². The van der Waals surface area contributed by atoms with E-state index in [1.807, 2.05) is 25.7 Å². The second kappa shape index (κ2) is 9.15. The lowest BCUT2D eigenvalue weighted by atomic mass is 10.0. The van der Waals surface area contributed by atoms with Crippen molar-refractivity contribution in [2.24, 2.45) is 0 Å². The fraction of sp³-hybridized carbons (Fsp3) is 0.708. The van der Waals surface area contributed by atoms with Gasteiger partial charge in [0.15, 0.2) is 0 Å². The van der Waals surface area contributed by atoms with Gasteiger partial charge in [-0.15, -0.1) is 0 Å². The van der Waals surface area contributed by atoms with Crippen LogP contribution in [-0.2, 0) is 11.2 Å². The Labute approximate surface area is 182 Å². The van der Waals surface area contributed by atoms with Crippen LogP contribution in [0.15, 0.2) is 18.2 Å². The van der Waals surface area contributed by atoms with Crippen LogP contribution >= 0.6 is 0 Å². The van der Waals surface area contributed by atoms with Crippen molar-refractivity contribution in [1.29, 1.82) is 0 Å². The third-order valence-electron chi connectivity index (χ3n) is 6.30. The number of piperidine rings is 2. The minimum Gasteiger partial charge on any atom is -0.490 e. The Hall–Kier alpha value is -1.79. The first kappa shape index (κ1) is 20.1. The molecule has 0 radical (unpaired) electrons. The number of hydrogen-bond acceptors (Lipinski definition) is 5. The van der Waals surface area contributed by atoms with Crippen molar-refractivity contribution in [2.75, 3.05) is 26.2 Å². The average molecular weight is 418 g/mol. The summed E-state index contributed by atoms with van der Waals surface area (Å²) in [6.07, 6.45) is 5.98. The highest BCUT2D eigenvalue weighted by atomic mass is 16.6. The molecule has 4 rings (SSSR count). The number of hydrogen-bond donors (Lipinski definition) is 2. The summed E-state index contributed by atoms with van der Waals surface area (Å²) in [6.45, 7) is 8.79. The van der Waals surface area contributed by atoms with Crippen molar-refractivity contribution in [3.8, 4) is 5.75 Å². The molecule has 2 N–H and O–H groups in total. The molecule has 2 fully saturated rings. The minimum absolute atomic E-state index is 0.196. The van der Waals surface area contributed by atoms with Gasteiger partial charge in [-0.05, 0) is 95.6 Å². The van der Waals surface area contributed by atoms with Gasteiger partial charge in [-0.25, -0.2) is 4.79 Å². The number of carbonyl (C=O) groups excluding carboxylic acids is 1. The van der Waals surface area contributed by atoms with Crippen molar-refractivity contribution in [3.63, 3.8) is 0 Å². The van der Waals surface area contributed by atoms with Gasteiger partial charge in [-0.3, -0.25) is 0 Å². The molecule has 0 bridgehead atoms. The molecule has 1 unspecified atom stereocenters. The predicted octanol–water partition coefficient (Wildman–Crippen LogP) is 3.79. The Morgan fingerprint density at radius 2 is 1.90 bits per heavy atom. The van der Waals surface area contributed by atoms with Crippen molar-refractivity contribution >= 4 is 6.09 Å². The third kappa shape index (κ3) is 5.46. The van der Waals surface area contributed by atoms with E-state index in [0.717, 1.165) is 70.5 Å². The van der Waals surface area contributed by atoms with Crippen LogP contribution in [0.5, 0.6) is 5.75 Å². The van der Waals surface area contributed by atoms with Crippen molar-refractivity contribution < 1.29 is 15.7 Å². The molecule has 1 amide bonds. The first-order valence-electron chi connectivity index (χ1n) is 12.0. The standard InChI is InChI=1S/C24H37N3O3/c1-24(2,3)30-23(28)27-14-10-18(11-15-27)26-22-7-4-17-16-20(5-6-21(17)22)29-19-8-12-25-13-9-19/h5-6,16,18-19,22,25-26H,4,7-15H2,1-3H3/i/hT. The summed E-state index contributed by atoms with van der Waals surface area (Å²) < 4.78 is 19.4. The van der Waals surface area contributed by atoms with Gasteiger partial charge < -0.3 is 25.0 Å². The number of likely N-dealkylation sites (tertiary alicyclic amines) is 1. The second-order valence-corrected chi connectivity index (χ2v) is 9.85. The van der Waals surface area contributed by atoms with Gasteiger partial charge in [0, 0.05) is 25.2 Å². The Bertz CT molecular complexity index is 766. The molecular weight excluding hydrogens is 378 g/mol. The largest absolute Gasteiger partial charge is 0.490 e. The summed E-state index contributed by atoms with van der Waals surface area (Å²) in [6, 6.07) is 7.37. The Kier molecular flexibility index (Phi) is 6.14. The number of fused-ring (bicyclic) bond motifs is 1. The van der Waals surface area contributed by atoms with E-state index in [1.165, 1.54) is 11.1 Å². The molecule has 1 aliphatic carbocycles. The van der Waals surface area contributed by atoms with Gasteiger partial charge in [-0.1, -0.05) is 6.07 Å². The Morgan fingerprint density at radius 1 is 1.17 bits per heavy atom. The lowest BCUT2D eigenvalue weighted by Crippen LogP contribution is -2.47. The molecule has 2 heterocycles. The summed E-state index contributed by atoms with van der Waals surface area (Å²) in [7, 11) is 0. The summed E-state index contributed by atoms with van der Waals surface area (Å²) in [5.41, 5.74) is 2.34. The van der Waals surface area contributed by atoms with Crippen LogP contribution in [0.4, 0.5) is 4.79 Å². The van der Waals surface area contributed by atoms with E-state index >= 15 is 0 Å². The van der Waals surface area contributed by atoms with Gasteiger partial charge in [0.1, 0.15) is 18.9 Å². The topological polar surface area (TPSA) is 62.8 Å². The molecule has 6 heteroatoms. The van der Waals surface area contributed by atoms with E-state index in [-0.39, 0.29) is 12.2 Å². The quantitative estimate of drug-likeness (QED) is 0.780. The van der Waals surface area contributed by atoms with E-state index < -0.39 is 5.60 Å². The third-order valence-corrected chi connectivity index (χ3v) is 6.30. The minimum atomic E-state index is -0.443. The van der Waals surface area contributed by atoms with Crippen molar-refractivity contribution in [1.82, 2.24) is 15.5 Å². The van der Waals surface area contributed by atoms with Crippen molar-refractivity contribution in [2.45, 2.75) is 83.1 Å². The molecule has 0 saturated carbocycles. The first-order valence-corrected chi connectivity index (χ1v) is 11.5. The maximum absolute atomic E-state index is 12.3. The van der Waals surface area contributed by atoms with E-state index in [9.17, 15) is 4.79 Å². The molecule has 1 aromatic carbocycles. The summed E-state index contributed by atoms with van der Waals surface area (Å²) in [5, 5.41) is 5.46. The highest BCUT2D eigenvalue weighted by Gasteiger charge is 2.30. The van der Waals surface area contributed by atoms with Gasteiger partial charge in [0.05, 0.1) is 0 Å².